The van der Waals surface area contributed by atoms with Crippen LogP contribution in [0, 0.1) is 0 Å². The standard InChI is InChI=1S/C9H10F3O4P/c1-15-7-2-4-8(5-3-7)17(13,14)16-6-9(10,11)12/h2-5H,6H2,1H3,(H,13,14). The molecule has 0 aliphatic rings. The van der Waals surface area contributed by atoms with Gasteiger partial charge in [-0.3, -0.25) is 9.09 Å². The highest BCUT2D eigenvalue weighted by molar-refractivity contribution is 7.61. The monoisotopic (exact) mass is 270 g/mol. The van der Waals surface area contributed by atoms with Gasteiger partial charge in [0.2, 0.25) is 0 Å². The molecule has 8 heteroatoms. The van der Waals surface area contributed by atoms with Crippen molar-refractivity contribution in [2.45, 2.75) is 6.18 Å². The molecule has 1 rings (SSSR count). The van der Waals surface area contributed by atoms with E-state index in [0.29, 0.717) is 5.75 Å². The molecular weight excluding hydrogens is 260 g/mol. The van der Waals surface area contributed by atoms with Crippen LogP contribution >= 0.6 is 7.60 Å². The molecule has 0 saturated heterocycles. The van der Waals surface area contributed by atoms with E-state index in [2.05, 4.69) is 4.52 Å². The minimum atomic E-state index is -4.65. The third kappa shape index (κ3) is 4.38. The third-order valence-corrected chi connectivity index (χ3v) is 3.23. The van der Waals surface area contributed by atoms with Crippen molar-refractivity contribution in [1.82, 2.24) is 0 Å². The van der Waals surface area contributed by atoms with Gasteiger partial charge in [0.05, 0.1) is 12.4 Å². The molecule has 0 aliphatic heterocycles. The van der Waals surface area contributed by atoms with Crippen molar-refractivity contribution in [2.75, 3.05) is 13.7 Å². The number of hydrogen-bond acceptors (Lipinski definition) is 3. The first-order chi connectivity index (χ1) is 7.74. The lowest BCUT2D eigenvalue weighted by Crippen LogP contribution is -2.18. The Hall–Kier alpha value is -1.04. The van der Waals surface area contributed by atoms with Gasteiger partial charge in [0.15, 0.2) is 6.61 Å². The lowest BCUT2D eigenvalue weighted by molar-refractivity contribution is -0.154. The van der Waals surface area contributed by atoms with E-state index < -0.39 is 20.4 Å². The van der Waals surface area contributed by atoms with Crippen molar-refractivity contribution in [2.24, 2.45) is 0 Å². The van der Waals surface area contributed by atoms with Crippen LogP contribution in [-0.4, -0.2) is 24.8 Å². The summed E-state index contributed by atoms with van der Waals surface area (Å²) in [7, 11) is -3.05. The summed E-state index contributed by atoms with van der Waals surface area (Å²) in [6.07, 6.45) is -4.65. The molecule has 17 heavy (non-hydrogen) atoms. The number of hydrogen-bond donors (Lipinski definition) is 1. The maximum atomic E-state index is 11.8. The third-order valence-electron chi connectivity index (χ3n) is 1.80. The Kier molecular flexibility index (Phi) is 4.19. The Balaban J connectivity index is 2.78. The van der Waals surface area contributed by atoms with E-state index in [1.54, 1.807) is 0 Å². The van der Waals surface area contributed by atoms with E-state index in [9.17, 15) is 22.6 Å². The second kappa shape index (κ2) is 5.08. The number of methoxy groups -OCH3 is 1. The molecule has 0 spiro atoms. The molecular formula is C9H10F3O4P. The van der Waals surface area contributed by atoms with Crippen LogP contribution in [0.2, 0.25) is 0 Å². The van der Waals surface area contributed by atoms with Crippen LogP contribution < -0.4 is 10.0 Å². The Labute approximate surface area is 95.5 Å². The van der Waals surface area contributed by atoms with Crippen LogP contribution in [-0.2, 0) is 9.09 Å². The van der Waals surface area contributed by atoms with E-state index in [1.807, 2.05) is 0 Å². The molecule has 96 valence electrons. The zero-order valence-electron chi connectivity index (χ0n) is 8.77. The van der Waals surface area contributed by atoms with Gasteiger partial charge >= 0.3 is 13.8 Å². The molecule has 1 atom stereocenters. The van der Waals surface area contributed by atoms with E-state index in [-0.39, 0.29) is 5.30 Å². The molecule has 0 aromatic heterocycles. The van der Waals surface area contributed by atoms with Crippen molar-refractivity contribution < 1.29 is 31.9 Å². The van der Waals surface area contributed by atoms with Gasteiger partial charge < -0.3 is 9.63 Å². The molecule has 0 heterocycles. The highest BCUT2D eigenvalue weighted by Crippen LogP contribution is 2.42. The molecule has 1 N–H and O–H groups in total. The number of rotatable bonds is 4. The first-order valence-corrected chi connectivity index (χ1v) is 6.01. The zero-order chi connectivity index (χ0) is 13.1. The molecule has 0 bridgehead atoms. The topological polar surface area (TPSA) is 55.8 Å². The Bertz CT molecular complexity index is 415. The number of halogens is 3. The predicted molar refractivity (Wildman–Crippen MR) is 54.5 cm³/mol. The summed E-state index contributed by atoms with van der Waals surface area (Å²) in [4.78, 5) is 9.31. The fraction of sp³-hybridized carbons (Fsp3) is 0.333. The van der Waals surface area contributed by atoms with Crippen LogP contribution in [0.4, 0.5) is 13.2 Å². The van der Waals surface area contributed by atoms with E-state index in [0.717, 1.165) is 0 Å². The SMILES string of the molecule is COc1ccc(P(=O)(O)OCC(F)(F)F)cc1. The van der Waals surface area contributed by atoms with Crippen LogP contribution in [0.3, 0.4) is 0 Å². The lowest BCUT2D eigenvalue weighted by Gasteiger charge is -2.14. The van der Waals surface area contributed by atoms with Crippen molar-refractivity contribution >= 4 is 12.9 Å². The molecule has 0 aliphatic carbocycles. The van der Waals surface area contributed by atoms with Crippen molar-refractivity contribution in [1.29, 1.82) is 0 Å². The fourth-order valence-electron chi connectivity index (χ4n) is 1.01. The fourth-order valence-corrected chi connectivity index (χ4v) is 2.00. The largest absolute Gasteiger partial charge is 0.497 e. The van der Waals surface area contributed by atoms with Crippen molar-refractivity contribution in [3.8, 4) is 5.75 Å². The summed E-state index contributed by atoms with van der Waals surface area (Å²) in [5.41, 5.74) is 0. The summed E-state index contributed by atoms with van der Waals surface area (Å²) < 4.78 is 55.8. The Morgan fingerprint density at radius 3 is 2.24 bits per heavy atom. The first-order valence-electron chi connectivity index (χ1n) is 4.43. The highest BCUT2D eigenvalue weighted by atomic mass is 31.2. The average Bonchev–Trinajstić information content (AvgIpc) is 2.26. The molecule has 0 saturated carbocycles. The van der Waals surface area contributed by atoms with Crippen molar-refractivity contribution in [3.63, 3.8) is 0 Å². The second-order valence-corrected chi connectivity index (χ2v) is 4.92. The molecule has 1 unspecified atom stereocenters. The summed E-state index contributed by atoms with van der Waals surface area (Å²) in [5.74, 6) is 0.421. The molecule has 0 radical (unpaired) electrons. The maximum absolute atomic E-state index is 11.8. The number of benzene rings is 1. The first kappa shape index (κ1) is 14.0. The molecule has 4 nitrogen and oxygen atoms in total. The molecule has 0 fully saturated rings. The quantitative estimate of drug-likeness (QED) is 0.851. The lowest BCUT2D eigenvalue weighted by atomic mass is 10.3. The summed E-state index contributed by atoms with van der Waals surface area (Å²) in [6.45, 7) is -1.77. The Morgan fingerprint density at radius 2 is 1.82 bits per heavy atom. The van der Waals surface area contributed by atoms with Gasteiger partial charge in [-0.2, -0.15) is 13.2 Å². The second-order valence-electron chi connectivity index (χ2n) is 3.11. The van der Waals surface area contributed by atoms with Gasteiger partial charge in [0, 0.05) is 0 Å². The van der Waals surface area contributed by atoms with Gasteiger partial charge in [-0.1, -0.05) is 0 Å². The van der Waals surface area contributed by atoms with E-state index in [4.69, 9.17) is 4.74 Å². The van der Waals surface area contributed by atoms with Gasteiger partial charge in [0.1, 0.15) is 5.75 Å². The minimum Gasteiger partial charge on any atom is -0.497 e. The van der Waals surface area contributed by atoms with Gasteiger partial charge in [0.25, 0.3) is 0 Å². The molecule has 1 aromatic carbocycles. The predicted octanol–water partition coefficient (Wildman–Crippen LogP) is 2.08. The molecule has 0 amide bonds. The van der Waals surface area contributed by atoms with Crippen molar-refractivity contribution in [3.05, 3.63) is 24.3 Å². The maximum Gasteiger partial charge on any atom is 0.412 e. The van der Waals surface area contributed by atoms with Gasteiger partial charge in [-0.05, 0) is 24.3 Å². The van der Waals surface area contributed by atoms with Gasteiger partial charge in [-0.15, -0.1) is 0 Å². The highest BCUT2D eigenvalue weighted by Gasteiger charge is 2.33. The van der Waals surface area contributed by atoms with E-state index in [1.165, 1.54) is 31.4 Å². The summed E-state index contributed by atoms with van der Waals surface area (Å²) >= 11 is 0. The number of alkyl halides is 3. The smallest absolute Gasteiger partial charge is 0.412 e. The average molecular weight is 270 g/mol. The van der Waals surface area contributed by atoms with Crippen LogP contribution in [0.1, 0.15) is 0 Å². The number of ether oxygens (including phenoxy) is 1. The zero-order valence-corrected chi connectivity index (χ0v) is 9.66. The summed E-state index contributed by atoms with van der Waals surface area (Å²) in [6, 6.07) is 5.07. The summed E-state index contributed by atoms with van der Waals surface area (Å²) in [5, 5.41) is -0.220. The van der Waals surface area contributed by atoms with Gasteiger partial charge in [-0.25, -0.2) is 0 Å². The van der Waals surface area contributed by atoms with Crippen LogP contribution in [0.5, 0.6) is 5.75 Å². The van der Waals surface area contributed by atoms with Crippen LogP contribution in [0.25, 0.3) is 0 Å². The van der Waals surface area contributed by atoms with E-state index >= 15 is 0 Å². The minimum absolute atomic E-state index is 0.220. The normalized spacial score (nSPS) is 15.4. The molecule has 1 aromatic rings. The van der Waals surface area contributed by atoms with Crippen LogP contribution in [0.15, 0.2) is 24.3 Å². The Morgan fingerprint density at radius 1 is 1.29 bits per heavy atom.